The predicted octanol–water partition coefficient (Wildman–Crippen LogP) is 12.0. The monoisotopic (exact) mass is 874 g/mol. The number of aromatic nitrogens is 4. The molecule has 4 heterocycles. The van der Waals surface area contributed by atoms with Gasteiger partial charge in [0.05, 0.1) is 50.4 Å². The average molecular weight is 876 g/mol. The van der Waals surface area contributed by atoms with Gasteiger partial charge in [-0.05, 0) is 108 Å². The number of ether oxygens (including phenoxy) is 3. The molecule has 1 amide bonds. The van der Waals surface area contributed by atoms with Crippen molar-refractivity contribution in [1.29, 1.82) is 0 Å². The topological polar surface area (TPSA) is 134 Å². The summed E-state index contributed by atoms with van der Waals surface area (Å²) in [6.45, 7) is 18.3. The van der Waals surface area contributed by atoms with Gasteiger partial charge in [0.2, 0.25) is 0 Å². The van der Waals surface area contributed by atoms with Gasteiger partial charge in [-0.25, -0.2) is 13.6 Å². The molecule has 61 heavy (non-hydrogen) atoms. The Morgan fingerprint density at radius 1 is 0.689 bits per heavy atom. The number of nitrogens with one attached hydrogen (secondary N) is 1. The van der Waals surface area contributed by atoms with Crippen LogP contribution in [0.4, 0.5) is 13.6 Å². The first-order valence-corrected chi connectivity index (χ1v) is 20.8. The van der Waals surface area contributed by atoms with Crippen LogP contribution < -0.4 is 20.5 Å². The van der Waals surface area contributed by atoms with E-state index in [9.17, 15) is 13.6 Å². The molecule has 0 bridgehead atoms. The van der Waals surface area contributed by atoms with Crippen LogP contribution in [0.5, 0.6) is 11.5 Å². The summed E-state index contributed by atoms with van der Waals surface area (Å²) < 4.78 is 44.3. The Bertz CT molecular complexity index is 2480. The molecule has 0 unspecified atom stereocenters. The van der Waals surface area contributed by atoms with E-state index < -0.39 is 22.8 Å². The summed E-state index contributed by atoms with van der Waals surface area (Å²) in [7, 11) is 0. The van der Waals surface area contributed by atoms with Gasteiger partial charge in [0.15, 0.2) is 11.5 Å². The Hall–Kier alpha value is -5.17. The number of benzene rings is 2. The minimum absolute atomic E-state index is 0.183. The van der Waals surface area contributed by atoms with Crippen molar-refractivity contribution in [1.82, 2.24) is 25.3 Å². The van der Waals surface area contributed by atoms with Gasteiger partial charge in [0.25, 0.3) is 0 Å². The fourth-order valence-electron chi connectivity index (χ4n) is 7.10. The maximum absolute atomic E-state index is 13.6. The summed E-state index contributed by atoms with van der Waals surface area (Å²) >= 11 is 12.9. The van der Waals surface area contributed by atoms with E-state index in [4.69, 9.17) is 43.1 Å². The maximum atomic E-state index is 13.6. The van der Waals surface area contributed by atoms with E-state index in [-0.39, 0.29) is 18.2 Å². The van der Waals surface area contributed by atoms with Gasteiger partial charge in [-0.15, -0.1) is 0 Å². The zero-order chi connectivity index (χ0) is 44.7. The number of carbonyl (C=O) groups excluding carboxylic acids is 1. The molecule has 3 N–H and O–H groups in total. The Balaban J connectivity index is 0.000000237. The van der Waals surface area contributed by atoms with E-state index >= 15 is 0 Å². The number of amides is 1. The summed E-state index contributed by atoms with van der Waals surface area (Å²) in [6.07, 6.45) is 7.40. The van der Waals surface area contributed by atoms with Crippen LogP contribution in [0.2, 0.25) is 10.0 Å². The molecule has 10 nitrogen and oxygen atoms in total. The van der Waals surface area contributed by atoms with E-state index in [2.05, 4.69) is 52.9 Å². The summed E-state index contributed by atoms with van der Waals surface area (Å²) in [5.41, 5.74) is 8.57. The van der Waals surface area contributed by atoms with Gasteiger partial charge in [-0.3, -0.25) is 19.9 Å². The first-order chi connectivity index (χ1) is 28.6. The highest BCUT2D eigenvalue weighted by Gasteiger charge is 2.31. The molecule has 14 heteroatoms. The normalized spacial score (nSPS) is 13.6. The van der Waals surface area contributed by atoms with Gasteiger partial charge in [0, 0.05) is 52.0 Å². The zero-order valence-electron chi connectivity index (χ0n) is 36.1. The fourth-order valence-corrected chi connectivity index (χ4v) is 7.51. The van der Waals surface area contributed by atoms with E-state index in [1.807, 2.05) is 46.8 Å². The molecule has 2 aromatic carbocycles. The number of pyridine rings is 4. The van der Waals surface area contributed by atoms with E-state index in [1.54, 1.807) is 49.1 Å². The third-order valence-corrected chi connectivity index (χ3v) is 9.83. The van der Waals surface area contributed by atoms with Gasteiger partial charge in [0.1, 0.15) is 30.4 Å². The van der Waals surface area contributed by atoms with Gasteiger partial charge in [-0.2, -0.15) is 0 Å². The van der Waals surface area contributed by atoms with Crippen LogP contribution in [0.25, 0.3) is 44.3 Å². The van der Waals surface area contributed by atoms with E-state index in [0.717, 1.165) is 28.3 Å². The van der Waals surface area contributed by atoms with Crippen molar-refractivity contribution in [3.63, 3.8) is 0 Å². The molecule has 0 aliphatic carbocycles. The minimum atomic E-state index is -0.677. The second-order valence-corrected chi connectivity index (χ2v) is 18.5. The van der Waals surface area contributed by atoms with Crippen molar-refractivity contribution in [3.05, 3.63) is 107 Å². The molecular weight excluding hydrogens is 821 g/mol. The Labute approximate surface area is 366 Å². The zero-order valence-corrected chi connectivity index (χ0v) is 37.6. The summed E-state index contributed by atoms with van der Waals surface area (Å²) in [5.74, 6) is 0.999. The van der Waals surface area contributed by atoms with Crippen molar-refractivity contribution in [2.75, 3.05) is 13.2 Å². The van der Waals surface area contributed by atoms with E-state index in [1.165, 1.54) is 24.3 Å². The highest BCUT2D eigenvalue weighted by atomic mass is 35.5. The molecule has 0 aliphatic rings. The number of nitrogens with two attached hydrogens (primary N) is 1. The molecule has 2 atom stereocenters. The van der Waals surface area contributed by atoms with Crippen LogP contribution in [0.3, 0.4) is 0 Å². The van der Waals surface area contributed by atoms with Crippen molar-refractivity contribution in [2.45, 2.75) is 91.8 Å². The lowest BCUT2D eigenvalue weighted by Gasteiger charge is -2.33. The highest BCUT2D eigenvalue weighted by molar-refractivity contribution is 6.32. The molecule has 0 spiro atoms. The minimum Gasteiger partial charge on any atom is -0.488 e. The molecule has 0 saturated carbocycles. The van der Waals surface area contributed by atoms with Gasteiger partial charge >= 0.3 is 6.09 Å². The number of fused-ring (bicyclic) bond motifs is 2. The first kappa shape index (κ1) is 46.9. The van der Waals surface area contributed by atoms with E-state index in [0.29, 0.717) is 68.8 Å². The summed E-state index contributed by atoms with van der Waals surface area (Å²) in [6, 6.07) is 16.0. The standard InChI is InChI=1S/C26H31ClFN3O3.C21H23ClFN3O/c1-16(2)13-26(6,31-24(32)34-25(3,4)5)15-33-23-14-30-22(12-20(23)27)19-9-10-29-21-11-17(28)7-8-18(19)21;1-13(2)10-21(3,24)12-27-20-11-26-19(9-17(20)22)16-6-7-25-18-8-14(23)4-5-15(16)18/h7-12,14,16H,13,15H2,1-6H3,(H,31,32);4-9,11,13H,10,12,24H2,1-3H3/t26-;21-/m00/s1. The molecule has 4 aromatic heterocycles. The lowest BCUT2D eigenvalue weighted by atomic mass is 9.91. The molecule has 0 radical (unpaired) electrons. The molecule has 324 valence electrons. The quantitative estimate of drug-likeness (QED) is 0.116. The van der Waals surface area contributed by atoms with Crippen LogP contribution in [-0.2, 0) is 4.74 Å². The Kier molecular flexibility index (Phi) is 15.1. The number of rotatable bonds is 13. The first-order valence-electron chi connectivity index (χ1n) is 20.1. The van der Waals surface area contributed by atoms with Gasteiger partial charge < -0.3 is 25.3 Å². The van der Waals surface area contributed by atoms with Crippen molar-refractivity contribution in [3.8, 4) is 34.0 Å². The van der Waals surface area contributed by atoms with Crippen molar-refractivity contribution >= 4 is 51.1 Å². The number of nitrogens with zero attached hydrogens (tertiary/aromatic N) is 4. The SMILES string of the molecule is CC(C)C[C@@](C)(COc1cnc(-c2ccnc3cc(F)ccc23)cc1Cl)NC(=O)OC(C)(C)C.CC(C)C[C@](C)(N)COc1cnc(-c2ccnc3cc(F)ccc23)cc1Cl. The lowest BCUT2D eigenvalue weighted by Crippen LogP contribution is -2.52. The fraction of sp³-hybridized carbons (Fsp3) is 0.383. The lowest BCUT2D eigenvalue weighted by molar-refractivity contribution is 0.0408. The van der Waals surface area contributed by atoms with Crippen molar-refractivity contribution in [2.24, 2.45) is 17.6 Å². The largest absolute Gasteiger partial charge is 0.488 e. The van der Waals surface area contributed by atoms with Gasteiger partial charge in [-0.1, -0.05) is 50.9 Å². The Morgan fingerprint density at radius 2 is 1.15 bits per heavy atom. The molecule has 0 fully saturated rings. The third-order valence-electron chi connectivity index (χ3n) is 9.24. The maximum Gasteiger partial charge on any atom is 0.408 e. The third kappa shape index (κ3) is 13.4. The second kappa shape index (κ2) is 19.7. The number of hydrogen-bond acceptors (Lipinski definition) is 9. The summed E-state index contributed by atoms with van der Waals surface area (Å²) in [4.78, 5) is 29.8. The smallest absolute Gasteiger partial charge is 0.408 e. The molecule has 6 rings (SSSR count). The number of halogens is 4. The summed E-state index contributed by atoms with van der Waals surface area (Å²) in [5, 5.41) is 5.35. The second-order valence-electron chi connectivity index (χ2n) is 17.7. The number of alkyl carbamates (subject to hydrolysis) is 1. The number of carbonyl (C=O) groups is 1. The van der Waals surface area contributed by atoms with Crippen LogP contribution in [-0.4, -0.2) is 55.9 Å². The number of hydrogen-bond donors (Lipinski definition) is 2. The highest BCUT2D eigenvalue weighted by Crippen LogP contribution is 2.34. The molecule has 6 aromatic rings. The predicted molar refractivity (Wildman–Crippen MR) is 240 cm³/mol. The van der Waals surface area contributed by atoms with Crippen molar-refractivity contribution < 1.29 is 27.8 Å². The molecule has 0 aliphatic heterocycles. The molecule has 0 saturated heterocycles. The molecular formula is C47H54Cl2F2N6O4. The Morgan fingerprint density at radius 3 is 1.57 bits per heavy atom. The van der Waals surface area contributed by atoms with Crippen LogP contribution >= 0.6 is 23.2 Å². The van der Waals surface area contributed by atoms with Crippen LogP contribution in [0.1, 0.15) is 75.2 Å². The average Bonchev–Trinajstić information content (AvgIpc) is 3.14. The van der Waals surface area contributed by atoms with Crippen LogP contribution in [0.15, 0.2) is 85.5 Å². The van der Waals surface area contributed by atoms with Crippen LogP contribution in [0, 0.1) is 23.5 Å².